The summed E-state index contributed by atoms with van der Waals surface area (Å²) in [7, 11) is 0. The van der Waals surface area contributed by atoms with Gasteiger partial charge in [-0.2, -0.15) is 5.10 Å². The Kier molecular flexibility index (Phi) is 4.45. The second-order valence-electron chi connectivity index (χ2n) is 4.77. The van der Waals surface area contributed by atoms with E-state index in [-0.39, 0.29) is 6.79 Å². The summed E-state index contributed by atoms with van der Waals surface area (Å²) in [6.07, 6.45) is 0.0838. The molecule has 1 aliphatic heterocycles. The van der Waals surface area contributed by atoms with Crippen molar-refractivity contribution in [2.24, 2.45) is 5.10 Å². The molecular weight excluding hydrogens is 320 g/mol. The molecule has 0 aliphatic carbocycles. The van der Waals surface area contributed by atoms with Crippen LogP contribution >= 0.6 is 11.6 Å². The number of halogens is 1. The van der Waals surface area contributed by atoms with Crippen molar-refractivity contribution in [3.8, 4) is 11.5 Å². The molecular formula is C16H13ClN2O4. The average Bonchev–Trinajstić information content (AvgIpc) is 3.02. The number of amides is 1. The van der Waals surface area contributed by atoms with Crippen molar-refractivity contribution in [1.29, 1.82) is 0 Å². The van der Waals surface area contributed by atoms with Crippen LogP contribution in [-0.4, -0.2) is 24.0 Å². The van der Waals surface area contributed by atoms with E-state index in [9.17, 15) is 9.90 Å². The number of hydrazone groups is 1. The van der Waals surface area contributed by atoms with Gasteiger partial charge >= 0.3 is 0 Å². The third kappa shape index (κ3) is 3.44. The summed E-state index contributed by atoms with van der Waals surface area (Å²) in [6, 6.07) is 11.9. The summed E-state index contributed by atoms with van der Waals surface area (Å²) in [4.78, 5) is 11.9. The lowest BCUT2D eigenvalue weighted by atomic mass is 10.1. The van der Waals surface area contributed by atoms with Gasteiger partial charge in [0, 0.05) is 11.6 Å². The maximum atomic E-state index is 11.9. The summed E-state index contributed by atoms with van der Waals surface area (Å²) in [5.41, 5.74) is 3.32. The van der Waals surface area contributed by atoms with Gasteiger partial charge in [-0.05, 0) is 11.6 Å². The highest BCUT2D eigenvalue weighted by Crippen LogP contribution is 2.36. The van der Waals surface area contributed by atoms with Gasteiger partial charge in [0.25, 0.3) is 5.91 Å². The van der Waals surface area contributed by atoms with Crippen molar-refractivity contribution in [2.75, 3.05) is 6.79 Å². The predicted octanol–water partition coefficient (Wildman–Crippen LogP) is 2.25. The van der Waals surface area contributed by atoms with Crippen molar-refractivity contribution >= 4 is 23.7 Å². The Hall–Kier alpha value is -2.57. The van der Waals surface area contributed by atoms with Gasteiger partial charge in [0.1, 0.15) is 0 Å². The number of carbonyl (C=O) groups excluding carboxylic acids is 1. The molecule has 1 atom stereocenters. The van der Waals surface area contributed by atoms with Crippen LogP contribution in [-0.2, 0) is 4.79 Å². The zero-order valence-electron chi connectivity index (χ0n) is 11.9. The minimum absolute atomic E-state index is 0.145. The van der Waals surface area contributed by atoms with Gasteiger partial charge < -0.3 is 14.6 Å². The van der Waals surface area contributed by atoms with Crippen LogP contribution in [0.15, 0.2) is 47.6 Å². The normalized spacial score (nSPS) is 14.0. The molecule has 2 N–H and O–H groups in total. The van der Waals surface area contributed by atoms with Crippen LogP contribution in [0.4, 0.5) is 0 Å². The molecule has 6 nitrogen and oxygen atoms in total. The van der Waals surface area contributed by atoms with Crippen molar-refractivity contribution in [3.05, 3.63) is 58.6 Å². The number of hydrogen-bond donors (Lipinski definition) is 2. The van der Waals surface area contributed by atoms with Crippen molar-refractivity contribution < 1.29 is 19.4 Å². The Balaban J connectivity index is 1.66. The number of ether oxygens (including phenoxy) is 2. The smallest absolute Gasteiger partial charge is 0.273 e. The molecule has 0 bridgehead atoms. The van der Waals surface area contributed by atoms with Gasteiger partial charge in [-0.15, -0.1) is 0 Å². The monoisotopic (exact) mass is 332 g/mol. The van der Waals surface area contributed by atoms with E-state index in [2.05, 4.69) is 10.5 Å². The molecule has 118 valence electrons. The lowest BCUT2D eigenvalue weighted by Gasteiger charge is -2.08. The summed E-state index contributed by atoms with van der Waals surface area (Å²) in [6.45, 7) is 0.145. The third-order valence-corrected chi connectivity index (χ3v) is 3.56. The van der Waals surface area contributed by atoms with Crippen LogP contribution in [0.25, 0.3) is 0 Å². The summed E-state index contributed by atoms with van der Waals surface area (Å²) in [5, 5.41) is 14.1. The molecule has 0 saturated carbocycles. The Morgan fingerprint density at radius 2 is 1.96 bits per heavy atom. The predicted molar refractivity (Wildman–Crippen MR) is 84.7 cm³/mol. The molecule has 1 unspecified atom stereocenters. The van der Waals surface area contributed by atoms with Gasteiger partial charge in [-0.3, -0.25) is 4.79 Å². The molecule has 1 aliphatic rings. The first kappa shape index (κ1) is 15.3. The molecule has 0 spiro atoms. The van der Waals surface area contributed by atoms with Gasteiger partial charge in [-0.25, -0.2) is 5.43 Å². The maximum Gasteiger partial charge on any atom is 0.273 e. The topological polar surface area (TPSA) is 80.2 Å². The lowest BCUT2D eigenvalue weighted by molar-refractivity contribution is -0.129. The minimum Gasteiger partial charge on any atom is -0.454 e. The van der Waals surface area contributed by atoms with Gasteiger partial charge in [0.05, 0.1) is 11.2 Å². The van der Waals surface area contributed by atoms with Crippen LogP contribution < -0.4 is 14.9 Å². The molecule has 23 heavy (non-hydrogen) atoms. The molecule has 0 radical (unpaired) electrons. The second-order valence-corrected chi connectivity index (χ2v) is 5.18. The van der Waals surface area contributed by atoms with Gasteiger partial charge in [0.15, 0.2) is 17.6 Å². The number of nitrogens with zero attached hydrogens (tertiary/aromatic N) is 1. The van der Waals surface area contributed by atoms with Crippen molar-refractivity contribution in [2.45, 2.75) is 6.10 Å². The fourth-order valence-electron chi connectivity index (χ4n) is 2.05. The summed E-state index contributed by atoms with van der Waals surface area (Å²) < 4.78 is 10.5. The Bertz CT molecular complexity index is 749. The highest BCUT2D eigenvalue weighted by molar-refractivity contribution is 6.33. The van der Waals surface area contributed by atoms with Crippen molar-refractivity contribution in [1.82, 2.24) is 5.43 Å². The highest BCUT2D eigenvalue weighted by Gasteiger charge is 2.17. The second kappa shape index (κ2) is 6.68. The fraction of sp³-hybridized carbons (Fsp3) is 0.125. The van der Waals surface area contributed by atoms with E-state index in [1.807, 2.05) is 0 Å². The van der Waals surface area contributed by atoms with Crippen LogP contribution in [0.2, 0.25) is 5.02 Å². The van der Waals surface area contributed by atoms with Gasteiger partial charge in [-0.1, -0.05) is 41.9 Å². The van der Waals surface area contributed by atoms with Crippen LogP contribution in [0.5, 0.6) is 11.5 Å². The van der Waals surface area contributed by atoms with Crippen LogP contribution in [0.1, 0.15) is 17.2 Å². The van der Waals surface area contributed by atoms with E-state index >= 15 is 0 Å². The van der Waals surface area contributed by atoms with Crippen molar-refractivity contribution in [3.63, 3.8) is 0 Å². The van der Waals surface area contributed by atoms with E-state index in [4.69, 9.17) is 21.1 Å². The zero-order chi connectivity index (χ0) is 16.2. The SMILES string of the molecule is O=C(N/N=C/c1cc2c(cc1Cl)OCO2)C(O)c1ccccc1. The summed E-state index contributed by atoms with van der Waals surface area (Å²) >= 11 is 6.09. The molecule has 2 aromatic carbocycles. The first-order valence-electron chi connectivity index (χ1n) is 6.80. The first-order valence-corrected chi connectivity index (χ1v) is 7.18. The summed E-state index contributed by atoms with van der Waals surface area (Å²) in [5.74, 6) is 0.492. The molecule has 1 amide bonds. The molecule has 7 heteroatoms. The number of carbonyl (C=O) groups is 1. The molecule has 3 rings (SSSR count). The van der Waals surface area contributed by atoms with E-state index in [1.165, 1.54) is 6.21 Å². The molecule has 0 fully saturated rings. The Morgan fingerprint density at radius 3 is 2.70 bits per heavy atom. The third-order valence-electron chi connectivity index (χ3n) is 3.23. The number of hydrogen-bond acceptors (Lipinski definition) is 5. The fourth-order valence-corrected chi connectivity index (χ4v) is 2.25. The first-order chi connectivity index (χ1) is 11.1. The van der Waals surface area contributed by atoms with E-state index in [1.54, 1.807) is 42.5 Å². The van der Waals surface area contributed by atoms with Crippen LogP contribution in [0.3, 0.4) is 0 Å². The lowest BCUT2D eigenvalue weighted by Crippen LogP contribution is -2.25. The molecule has 0 saturated heterocycles. The number of aliphatic hydroxyl groups excluding tert-OH is 1. The van der Waals surface area contributed by atoms with Crippen LogP contribution in [0, 0.1) is 0 Å². The standard InChI is InChI=1S/C16H13ClN2O4/c17-12-7-14-13(22-9-23-14)6-11(12)8-18-19-16(21)15(20)10-4-2-1-3-5-10/h1-8,15,20H,9H2,(H,19,21)/b18-8+. The number of benzene rings is 2. The molecule has 0 aromatic heterocycles. The number of rotatable bonds is 4. The number of aliphatic hydroxyl groups is 1. The molecule has 1 heterocycles. The Labute approximate surface area is 137 Å². The zero-order valence-corrected chi connectivity index (χ0v) is 12.7. The minimum atomic E-state index is -1.29. The Morgan fingerprint density at radius 1 is 1.26 bits per heavy atom. The maximum absolute atomic E-state index is 11.9. The van der Waals surface area contributed by atoms with E-state index in [0.29, 0.717) is 27.6 Å². The molecule has 2 aromatic rings. The van der Waals surface area contributed by atoms with Gasteiger partial charge in [0.2, 0.25) is 6.79 Å². The quantitative estimate of drug-likeness (QED) is 0.665. The average molecular weight is 333 g/mol. The van der Waals surface area contributed by atoms with E-state index < -0.39 is 12.0 Å². The largest absolute Gasteiger partial charge is 0.454 e. The highest BCUT2D eigenvalue weighted by atomic mass is 35.5. The number of nitrogens with one attached hydrogen (secondary N) is 1. The number of fused-ring (bicyclic) bond motifs is 1. The van der Waals surface area contributed by atoms with E-state index in [0.717, 1.165) is 0 Å².